The van der Waals surface area contributed by atoms with E-state index in [1.165, 1.54) is 0 Å². The van der Waals surface area contributed by atoms with Crippen molar-refractivity contribution in [1.82, 2.24) is 0 Å². The van der Waals surface area contributed by atoms with Crippen molar-refractivity contribution < 1.29 is 18.9 Å². The molecule has 0 fully saturated rings. The fourth-order valence-electron chi connectivity index (χ4n) is 1.90. The summed E-state index contributed by atoms with van der Waals surface area (Å²) in [5, 5.41) is 0. The van der Waals surface area contributed by atoms with Crippen LogP contribution in [0.2, 0.25) is 0 Å². The number of hydrogen-bond donors (Lipinski definition) is 0. The molecule has 0 N–H and O–H groups in total. The van der Waals surface area contributed by atoms with Gasteiger partial charge in [0.1, 0.15) is 12.4 Å². The summed E-state index contributed by atoms with van der Waals surface area (Å²) in [5.74, 6) is 2.65. The van der Waals surface area contributed by atoms with E-state index in [2.05, 4.69) is 0 Å². The molecule has 2 aromatic rings. The fourth-order valence-corrected chi connectivity index (χ4v) is 1.90. The molecule has 4 heteroatoms. The summed E-state index contributed by atoms with van der Waals surface area (Å²) >= 11 is 0. The van der Waals surface area contributed by atoms with Crippen LogP contribution in [0, 0.1) is 0 Å². The van der Waals surface area contributed by atoms with Gasteiger partial charge in [0.2, 0.25) is 5.75 Å². The summed E-state index contributed by atoms with van der Waals surface area (Å²) in [6, 6.07) is 13.4. The molecular weight excluding hydrogens is 256 g/mol. The predicted octanol–water partition coefficient (Wildman–Crippen LogP) is 3.29. The molecule has 0 saturated carbocycles. The number of benzene rings is 2. The highest BCUT2D eigenvalue weighted by atomic mass is 16.5. The first-order valence-electron chi connectivity index (χ1n) is 6.25. The van der Waals surface area contributed by atoms with Crippen LogP contribution in [0.4, 0.5) is 0 Å². The van der Waals surface area contributed by atoms with Gasteiger partial charge in [-0.1, -0.05) is 18.2 Å². The molecule has 0 heterocycles. The molecule has 20 heavy (non-hydrogen) atoms. The van der Waals surface area contributed by atoms with Crippen LogP contribution in [0.15, 0.2) is 42.5 Å². The Hall–Kier alpha value is -2.36. The molecule has 0 spiro atoms. The lowest BCUT2D eigenvalue weighted by atomic mass is 10.2. The minimum atomic E-state index is 0.431. The lowest BCUT2D eigenvalue weighted by Gasteiger charge is -2.14. The van der Waals surface area contributed by atoms with Crippen molar-refractivity contribution in [3.8, 4) is 23.0 Å². The number of hydrogen-bond acceptors (Lipinski definition) is 4. The van der Waals surface area contributed by atoms with Crippen LogP contribution >= 0.6 is 0 Å². The van der Waals surface area contributed by atoms with E-state index < -0.39 is 0 Å². The monoisotopic (exact) mass is 274 g/mol. The van der Waals surface area contributed by atoms with Gasteiger partial charge in [0.05, 0.1) is 21.3 Å². The lowest BCUT2D eigenvalue weighted by molar-refractivity contribution is 0.298. The van der Waals surface area contributed by atoms with E-state index in [9.17, 15) is 0 Å². The third kappa shape index (κ3) is 3.15. The van der Waals surface area contributed by atoms with E-state index in [0.29, 0.717) is 23.9 Å². The Labute approximate surface area is 118 Å². The van der Waals surface area contributed by atoms with Crippen molar-refractivity contribution in [3.05, 3.63) is 48.0 Å². The van der Waals surface area contributed by atoms with E-state index in [1.54, 1.807) is 21.3 Å². The molecule has 0 atom stereocenters. The first-order valence-corrected chi connectivity index (χ1v) is 6.25. The molecule has 0 radical (unpaired) electrons. The zero-order valence-corrected chi connectivity index (χ0v) is 11.9. The summed E-state index contributed by atoms with van der Waals surface area (Å²) in [6.07, 6.45) is 0. The van der Waals surface area contributed by atoms with Crippen LogP contribution in [0.5, 0.6) is 23.0 Å². The smallest absolute Gasteiger partial charge is 0.203 e. The van der Waals surface area contributed by atoms with Gasteiger partial charge in [0.25, 0.3) is 0 Å². The molecular formula is C16H18O4. The van der Waals surface area contributed by atoms with Crippen LogP contribution < -0.4 is 18.9 Å². The topological polar surface area (TPSA) is 36.9 Å². The maximum atomic E-state index is 5.71. The highest BCUT2D eigenvalue weighted by Gasteiger charge is 2.13. The molecule has 0 aliphatic carbocycles. The van der Waals surface area contributed by atoms with Gasteiger partial charge < -0.3 is 18.9 Å². The van der Waals surface area contributed by atoms with Crippen molar-refractivity contribution in [2.75, 3.05) is 21.3 Å². The number of para-hydroxylation sites is 1. The zero-order valence-electron chi connectivity index (χ0n) is 11.9. The molecule has 0 aromatic heterocycles. The average molecular weight is 274 g/mol. The van der Waals surface area contributed by atoms with Crippen molar-refractivity contribution in [2.45, 2.75) is 6.61 Å². The second-order valence-corrected chi connectivity index (χ2v) is 4.14. The van der Waals surface area contributed by atoms with Gasteiger partial charge in [-0.05, 0) is 29.8 Å². The summed E-state index contributed by atoms with van der Waals surface area (Å²) < 4.78 is 21.6. The Morgan fingerprint density at radius 2 is 1.40 bits per heavy atom. The maximum absolute atomic E-state index is 5.71. The van der Waals surface area contributed by atoms with Crippen molar-refractivity contribution in [1.29, 1.82) is 0 Å². The maximum Gasteiger partial charge on any atom is 0.203 e. The molecule has 2 rings (SSSR count). The third-order valence-corrected chi connectivity index (χ3v) is 2.87. The Bertz CT molecular complexity index is 527. The molecule has 4 nitrogen and oxygen atoms in total. The Morgan fingerprint density at radius 3 is 1.90 bits per heavy atom. The van der Waals surface area contributed by atoms with E-state index >= 15 is 0 Å². The average Bonchev–Trinajstić information content (AvgIpc) is 2.52. The van der Waals surface area contributed by atoms with Gasteiger partial charge in [0, 0.05) is 0 Å². The van der Waals surface area contributed by atoms with Gasteiger partial charge in [0.15, 0.2) is 11.5 Å². The Morgan fingerprint density at radius 1 is 0.800 bits per heavy atom. The first kappa shape index (κ1) is 14.1. The van der Waals surface area contributed by atoms with Gasteiger partial charge >= 0.3 is 0 Å². The summed E-state index contributed by atoms with van der Waals surface area (Å²) in [4.78, 5) is 0. The minimum absolute atomic E-state index is 0.431. The van der Waals surface area contributed by atoms with E-state index in [-0.39, 0.29) is 0 Å². The second-order valence-electron chi connectivity index (χ2n) is 4.14. The Kier molecular flexibility index (Phi) is 4.71. The van der Waals surface area contributed by atoms with Crippen molar-refractivity contribution >= 4 is 0 Å². The molecule has 0 amide bonds. The van der Waals surface area contributed by atoms with E-state index in [0.717, 1.165) is 11.3 Å². The van der Waals surface area contributed by atoms with Crippen molar-refractivity contribution in [2.24, 2.45) is 0 Å². The molecule has 106 valence electrons. The lowest BCUT2D eigenvalue weighted by Crippen LogP contribution is -2.00. The first-order chi connectivity index (χ1) is 9.78. The summed E-state index contributed by atoms with van der Waals surface area (Å²) in [7, 11) is 4.78. The number of rotatable bonds is 6. The minimum Gasteiger partial charge on any atom is -0.493 e. The molecule has 0 saturated heterocycles. The van der Waals surface area contributed by atoms with Gasteiger partial charge in [-0.2, -0.15) is 0 Å². The van der Waals surface area contributed by atoms with Gasteiger partial charge in [-0.25, -0.2) is 0 Å². The van der Waals surface area contributed by atoms with Crippen LogP contribution in [0.25, 0.3) is 0 Å². The summed E-state index contributed by atoms with van der Waals surface area (Å²) in [5.41, 5.74) is 0.948. The molecule has 0 bridgehead atoms. The van der Waals surface area contributed by atoms with Crippen LogP contribution in [-0.2, 0) is 6.61 Å². The normalized spacial score (nSPS) is 9.95. The van der Waals surface area contributed by atoms with Gasteiger partial charge in [-0.3, -0.25) is 0 Å². The van der Waals surface area contributed by atoms with Crippen LogP contribution in [-0.4, -0.2) is 21.3 Å². The standard InChI is InChI=1S/C16H18O4/c1-17-14-9-12(10-15(18-2)16(14)19-3)11-20-13-7-5-4-6-8-13/h4-10H,11H2,1-3H3. The van der Waals surface area contributed by atoms with Crippen LogP contribution in [0.3, 0.4) is 0 Å². The number of ether oxygens (including phenoxy) is 4. The predicted molar refractivity (Wildman–Crippen MR) is 76.9 cm³/mol. The highest BCUT2D eigenvalue weighted by Crippen LogP contribution is 2.38. The Balaban J connectivity index is 2.19. The molecule has 0 aliphatic rings. The quantitative estimate of drug-likeness (QED) is 0.810. The third-order valence-electron chi connectivity index (χ3n) is 2.87. The SMILES string of the molecule is COc1cc(COc2ccccc2)cc(OC)c1OC. The zero-order chi connectivity index (χ0) is 14.4. The van der Waals surface area contributed by atoms with Crippen LogP contribution in [0.1, 0.15) is 5.56 Å². The van der Waals surface area contributed by atoms with E-state index in [4.69, 9.17) is 18.9 Å². The molecule has 2 aromatic carbocycles. The van der Waals surface area contributed by atoms with Gasteiger partial charge in [-0.15, -0.1) is 0 Å². The number of methoxy groups -OCH3 is 3. The fraction of sp³-hybridized carbons (Fsp3) is 0.250. The largest absolute Gasteiger partial charge is 0.493 e. The summed E-state index contributed by atoms with van der Waals surface area (Å²) in [6.45, 7) is 0.431. The van der Waals surface area contributed by atoms with Crippen molar-refractivity contribution in [3.63, 3.8) is 0 Å². The molecule has 0 unspecified atom stereocenters. The van der Waals surface area contributed by atoms with E-state index in [1.807, 2.05) is 42.5 Å². The highest BCUT2D eigenvalue weighted by molar-refractivity contribution is 5.53. The molecule has 0 aliphatic heterocycles. The second kappa shape index (κ2) is 6.70.